The van der Waals surface area contributed by atoms with Crippen molar-refractivity contribution >= 4 is 0 Å². The van der Waals surface area contributed by atoms with Crippen LogP contribution in [0.5, 0.6) is 5.75 Å². The second-order valence-corrected chi connectivity index (χ2v) is 5.76. The molecule has 0 aliphatic heterocycles. The number of hydrogen-bond donors (Lipinski definition) is 1. The van der Waals surface area contributed by atoms with Crippen LogP contribution in [0.1, 0.15) is 31.0 Å². The highest BCUT2D eigenvalue weighted by atomic mass is 16.5. The molecule has 0 aromatic heterocycles. The summed E-state index contributed by atoms with van der Waals surface area (Å²) in [6, 6.07) is 6.60. The Labute approximate surface area is 121 Å². The Balaban J connectivity index is 1.99. The molecular formula is C16H26N2O2. The fourth-order valence-electron chi connectivity index (χ4n) is 2.78. The van der Waals surface area contributed by atoms with E-state index < -0.39 is 0 Å². The lowest BCUT2D eigenvalue weighted by Gasteiger charge is -2.28. The highest BCUT2D eigenvalue weighted by molar-refractivity contribution is 5.42. The van der Waals surface area contributed by atoms with Crippen molar-refractivity contribution in [1.82, 2.24) is 4.90 Å². The fourth-order valence-corrected chi connectivity index (χ4v) is 2.78. The molecule has 112 valence electrons. The van der Waals surface area contributed by atoms with Crippen LogP contribution in [0.4, 0.5) is 0 Å². The maximum absolute atomic E-state index is 6.41. The largest absolute Gasteiger partial charge is 0.497 e. The van der Waals surface area contributed by atoms with Crippen molar-refractivity contribution in [3.05, 3.63) is 29.3 Å². The monoisotopic (exact) mass is 278 g/mol. The summed E-state index contributed by atoms with van der Waals surface area (Å²) in [5.74, 6) is 0.880. The van der Waals surface area contributed by atoms with E-state index in [0.717, 1.165) is 25.3 Å². The number of nitrogens with zero attached hydrogens (tertiary/aromatic N) is 1. The third-order valence-electron chi connectivity index (χ3n) is 4.02. The molecule has 4 nitrogen and oxygen atoms in total. The molecule has 0 saturated carbocycles. The van der Waals surface area contributed by atoms with E-state index in [1.165, 1.54) is 11.1 Å². The molecule has 0 amide bonds. The molecule has 4 heteroatoms. The van der Waals surface area contributed by atoms with Crippen LogP contribution in [-0.2, 0) is 11.2 Å². The van der Waals surface area contributed by atoms with E-state index in [4.69, 9.17) is 15.2 Å². The molecule has 0 saturated heterocycles. The summed E-state index contributed by atoms with van der Waals surface area (Å²) in [4.78, 5) is 2.31. The average Bonchev–Trinajstić information content (AvgIpc) is 2.75. The molecule has 1 aliphatic rings. The van der Waals surface area contributed by atoms with Crippen molar-refractivity contribution in [3.8, 4) is 5.75 Å². The fraction of sp³-hybridized carbons (Fsp3) is 0.625. The lowest BCUT2D eigenvalue weighted by molar-refractivity contribution is 0.0543. The second kappa shape index (κ2) is 6.57. The first-order valence-corrected chi connectivity index (χ1v) is 7.27. The zero-order valence-electron chi connectivity index (χ0n) is 12.9. The van der Waals surface area contributed by atoms with E-state index in [2.05, 4.69) is 37.9 Å². The third-order valence-corrected chi connectivity index (χ3v) is 4.02. The van der Waals surface area contributed by atoms with Crippen LogP contribution in [0.25, 0.3) is 0 Å². The SMILES string of the molecule is COc1ccc2c(c1)C(N)C(N(C)CCOC(C)C)C2. The van der Waals surface area contributed by atoms with Gasteiger partial charge in [-0.1, -0.05) is 6.07 Å². The number of methoxy groups -OCH3 is 1. The highest BCUT2D eigenvalue weighted by Crippen LogP contribution is 2.34. The number of benzene rings is 1. The summed E-state index contributed by atoms with van der Waals surface area (Å²) in [6.07, 6.45) is 1.28. The van der Waals surface area contributed by atoms with E-state index >= 15 is 0 Å². The first kappa shape index (κ1) is 15.3. The highest BCUT2D eigenvalue weighted by Gasteiger charge is 2.32. The summed E-state index contributed by atoms with van der Waals surface area (Å²) < 4.78 is 10.9. The number of hydrogen-bond acceptors (Lipinski definition) is 4. The summed E-state index contributed by atoms with van der Waals surface area (Å²) in [6.45, 7) is 5.77. The molecule has 2 N–H and O–H groups in total. The maximum atomic E-state index is 6.41. The third kappa shape index (κ3) is 3.32. The molecule has 0 bridgehead atoms. The molecule has 0 radical (unpaired) electrons. The van der Waals surface area contributed by atoms with Crippen LogP contribution in [0.15, 0.2) is 18.2 Å². The number of fused-ring (bicyclic) bond motifs is 1. The average molecular weight is 278 g/mol. The van der Waals surface area contributed by atoms with Crippen molar-refractivity contribution in [3.63, 3.8) is 0 Å². The van der Waals surface area contributed by atoms with E-state index in [9.17, 15) is 0 Å². The van der Waals surface area contributed by atoms with Crippen LogP contribution >= 0.6 is 0 Å². The van der Waals surface area contributed by atoms with Gasteiger partial charge in [0.1, 0.15) is 5.75 Å². The number of likely N-dealkylation sites (N-methyl/N-ethyl adjacent to an activating group) is 1. The van der Waals surface area contributed by atoms with Crippen LogP contribution in [0, 0.1) is 0 Å². The summed E-state index contributed by atoms with van der Waals surface area (Å²) >= 11 is 0. The lowest BCUT2D eigenvalue weighted by atomic mass is 10.1. The van der Waals surface area contributed by atoms with Crippen LogP contribution in [0.2, 0.25) is 0 Å². The Bertz CT molecular complexity index is 448. The Morgan fingerprint density at radius 2 is 2.15 bits per heavy atom. The second-order valence-electron chi connectivity index (χ2n) is 5.76. The summed E-state index contributed by atoms with van der Waals surface area (Å²) in [5, 5.41) is 0. The quantitative estimate of drug-likeness (QED) is 0.864. The molecule has 0 spiro atoms. The smallest absolute Gasteiger partial charge is 0.119 e. The van der Waals surface area contributed by atoms with E-state index in [1.807, 2.05) is 6.07 Å². The molecule has 2 unspecified atom stereocenters. The van der Waals surface area contributed by atoms with Crippen molar-refractivity contribution in [2.24, 2.45) is 5.73 Å². The van der Waals surface area contributed by atoms with Gasteiger partial charge < -0.3 is 15.2 Å². The molecule has 2 atom stereocenters. The maximum Gasteiger partial charge on any atom is 0.119 e. The Morgan fingerprint density at radius 1 is 1.40 bits per heavy atom. The lowest BCUT2D eigenvalue weighted by Crippen LogP contribution is -2.40. The van der Waals surface area contributed by atoms with Gasteiger partial charge in [0.2, 0.25) is 0 Å². The zero-order valence-corrected chi connectivity index (χ0v) is 12.9. The minimum Gasteiger partial charge on any atom is -0.497 e. The molecule has 2 rings (SSSR count). The van der Waals surface area contributed by atoms with Gasteiger partial charge in [-0.15, -0.1) is 0 Å². The Morgan fingerprint density at radius 3 is 2.80 bits per heavy atom. The zero-order chi connectivity index (χ0) is 14.7. The van der Waals surface area contributed by atoms with Crippen LogP contribution < -0.4 is 10.5 Å². The molecule has 1 aromatic rings. The Kier molecular flexibility index (Phi) is 5.02. The normalized spacial score (nSPS) is 21.6. The van der Waals surface area contributed by atoms with E-state index in [-0.39, 0.29) is 12.1 Å². The molecule has 1 aliphatic carbocycles. The van der Waals surface area contributed by atoms with E-state index in [1.54, 1.807) is 7.11 Å². The van der Waals surface area contributed by atoms with Gasteiger partial charge in [-0.3, -0.25) is 4.90 Å². The predicted molar refractivity (Wildman–Crippen MR) is 81.1 cm³/mol. The topological polar surface area (TPSA) is 47.7 Å². The molecule has 20 heavy (non-hydrogen) atoms. The van der Waals surface area contributed by atoms with Crippen molar-refractivity contribution < 1.29 is 9.47 Å². The molecule has 0 fully saturated rings. The van der Waals surface area contributed by atoms with Crippen LogP contribution in [0.3, 0.4) is 0 Å². The van der Waals surface area contributed by atoms with E-state index in [0.29, 0.717) is 6.04 Å². The van der Waals surface area contributed by atoms with Gasteiger partial charge in [0.05, 0.1) is 19.8 Å². The molecule has 1 aromatic carbocycles. The van der Waals surface area contributed by atoms with Gasteiger partial charge in [-0.05, 0) is 50.6 Å². The van der Waals surface area contributed by atoms with Crippen molar-refractivity contribution in [1.29, 1.82) is 0 Å². The van der Waals surface area contributed by atoms with Crippen molar-refractivity contribution in [2.75, 3.05) is 27.3 Å². The Hall–Kier alpha value is -1.10. The van der Waals surface area contributed by atoms with Gasteiger partial charge in [-0.25, -0.2) is 0 Å². The van der Waals surface area contributed by atoms with Crippen LogP contribution in [-0.4, -0.2) is 44.4 Å². The number of ether oxygens (including phenoxy) is 2. The van der Waals surface area contributed by atoms with Crippen molar-refractivity contribution in [2.45, 2.75) is 38.5 Å². The standard InChI is InChI=1S/C16H26N2O2/c1-11(2)20-8-7-18(3)15-9-12-5-6-13(19-4)10-14(12)16(15)17/h5-6,10-11,15-16H,7-9,17H2,1-4H3. The van der Waals surface area contributed by atoms with Gasteiger partial charge in [0.25, 0.3) is 0 Å². The number of nitrogens with two attached hydrogens (primary N) is 1. The summed E-state index contributed by atoms with van der Waals surface area (Å²) in [7, 11) is 3.81. The van der Waals surface area contributed by atoms with Gasteiger partial charge in [0.15, 0.2) is 0 Å². The van der Waals surface area contributed by atoms with Gasteiger partial charge in [-0.2, -0.15) is 0 Å². The summed E-state index contributed by atoms with van der Waals surface area (Å²) in [5.41, 5.74) is 8.96. The first-order valence-electron chi connectivity index (χ1n) is 7.27. The predicted octanol–water partition coefficient (Wildman–Crippen LogP) is 1.98. The molecular weight excluding hydrogens is 252 g/mol. The minimum atomic E-state index is 0.0455. The number of rotatable bonds is 6. The van der Waals surface area contributed by atoms with Gasteiger partial charge >= 0.3 is 0 Å². The van der Waals surface area contributed by atoms with Gasteiger partial charge in [0, 0.05) is 18.6 Å². The first-order chi connectivity index (χ1) is 9.52. The minimum absolute atomic E-state index is 0.0455. The molecule has 0 heterocycles.